The molecule has 4 rings (SSSR count). The lowest BCUT2D eigenvalue weighted by molar-refractivity contribution is -0.119. The zero-order valence-electron chi connectivity index (χ0n) is 13.9. The van der Waals surface area contributed by atoms with Crippen molar-refractivity contribution in [1.29, 1.82) is 0 Å². The number of carbonyl (C=O) groups excluding carboxylic acids is 3. The Morgan fingerprint density at radius 2 is 1.56 bits per heavy atom. The molecule has 2 atom stereocenters. The summed E-state index contributed by atoms with van der Waals surface area (Å²) in [4.78, 5) is 40.0. The highest BCUT2D eigenvalue weighted by Crippen LogP contribution is 2.26. The number of ether oxygens (including phenoxy) is 1. The molecule has 132 valence electrons. The molecular weight excluding hydrogens is 322 g/mol. The van der Waals surface area contributed by atoms with Crippen molar-refractivity contribution in [2.24, 2.45) is 5.92 Å². The summed E-state index contributed by atoms with van der Waals surface area (Å²) in [5.41, 5.74) is 1.16. The van der Waals surface area contributed by atoms with Gasteiger partial charge < -0.3 is 19.9 Å². The van der Waals surface area contributed by atoms with Crippen LogP contribution in [0.5, 0.6) is 0 Å². The zero-order valence-corrected chi connectivity index (χ0v) is 13.9. The number of fused-ring (bicyclic) bond motifs is 1. The molecule has 3 aliphatic rings. The maximum atomic E-state index is 12.6. The lowest BCUT2D eigenvalue weighted by Crippen LogP contribution is -2.40. The molecule has 25 heavy (non-hydrogen) atoms. The fourth-order valence-electron chi connectivity index (χ4n) is 3.80. The average Bonchev–Trinajstić information content (AvgIpc) is 3.19. The molecule has 1 aromatic carbocycles. The number of carbonyl (C=O) groups is 3. The Kier molecular flexibility index (Phi) is 4.17. The number of morpholine rings is 1. The molecule has 1 aromatic rings. The average molecular weight is 343 g/mol. The van der Waals surface area contributed by atoms with Gasteiger partial charge in [-0.3, -0.25) is 14.4 Å². The lowest BCUT2D eigenvalue weighted by Gasteiger charge is -2.27. The predicted molar refractivity (Wildman–Crippen MR) is 89.1 cm³/mol. The van der Waals surface area contributed by atoms with Crippen LogP contribution in [0.3, 0.4) is 0 Å². The van der Waals surface area contributed by atoms with Crippen LogP contribution in [0.1, 0.15) is 27.1 Å². The number of hydrogen-bond acceptors (Lipinski definition) is 4. The molecule has 3 saturated heterocycles. The van der Waals surface area contributed by atoms with E-state index in [2.05, 4.69) is 5.32 Å². The van der Waals surface area contributed by atoms with Crippen LogP contribution in [0.2, 0.25) is 0 Å². The smallest absolute Gasteiger partial charge is 0.254 e. The summed E-state index contributed by atoms with van der Waals surface area (Å²) in [5, 5.41) is 2.92. The normalized spacial score (nSPS) is 25.7. The Hall–Kier alpha value is -2.41. The van der Waals surface area contributed by atoms with Gasteiger partial charge in [-0.05, 0) is 24.3 Å². The molecule has 3 amide bonds. The summed E-state index contributed by atoms with van der Waals surface area (Å²) >= 11 is 0. The van der Waals surface area contributed by atoms with Crippen LogP contribution in [0.25, 0.3) is 0 Å². The van der Waals surface area contributed by atoms with Gasteiger partial charge in [0.25, 0.3) is 11.8 Å². The maximum Gasteiger partial charge on any atom is 0.254 e. The molecule has 0 bridgehead atoms. The van der Waals surface area contributed by atoms with E-state index >= 15 is 0 Å². The monoisotopic (exact) mass is 343 g/mol. The number of nitrogens with zero attached hydrogens (tertiary/aromatic N) is 2. The summed E-state index contributed by atoms with van der Waals surface area (Å²) in [6.45, 7) is 3.50. The third-order valence-corrected chi connectivity index (χ3v) is 5.20. The number of amides is 3. The van der Waals surface area contributed by atoms with E-state index in [-0.39, 0.29) is 29.7 Å². The van der Waals surface area contributed by atoms with Crippen LogP contribution in [0.15, 0.2) is 24.3 Å². The zero-order chi connectivity index (χ0) is 17.4. The third-order valence-electron chi connectivity index (χ3n) is 5.20. The second kappa shape index (κ2) is 6.48. The lowest BCUT2D eigenvalue weighted by atomic mass is 10.1. The second-order valence-electron chi connectivity index (χ2n) is 6.83. The van der Waals surface area contributed by atoms with Crippen LogP contribution in [0, 0.1) is 5.92 Å². The van der Waals surface area contributed by atoms with E-state index in [4.69, 9.17) is 4.74 Å². The first-order chi connectivity index (χ1) is 12.1. The van der Waals surface area contributed by atoms with Crippen molar-refractivity contribution in [2.75, 3.05) is 39.4 Å². The van der Waals surface area contributed by atoms with Crippen molar-refractivity contribution < 1.29 is 19.1 Å². The molecule has 0 aromatic heterocycles. The molecule has 0 radical (unpaired) electrons. The van der Waals surface area contributed by atoms with Gasteiger partial charge in [-0.25, -0.2) is 0 Å². The minimum Gasteiger partial charge on any atom is -0.378 e. The third kappa shape index (κ3) is 3.11. The van der Waals surface area contributed by atoms with E-state index in [1.54, 1.807) is 34.1 Å². The highest BCUT2D eigenvalue weighted by atomic mass is 16.5. The number of likely N-dealkylation sites (tertiary alicyclic amines) is 1. The highest BCUT2D eigenvalue weighted by molar-refractivity contribution is 5.98. The van der Waals surface area contributed by atoms with E-state index in [0.29, 0.717) is 56.9 Å². The van der Waals surface area contributed by atoms with Gasteiger partial charge >= 0.3 is 0 Å². The van der Waals surface area contributed by atoms with E-state index < -0.39 is 0 Å². The van der Waals surface area contributed by atoms with E-state index in [0.717, 1.165) is 0 Å². The Bertz CT molecular complexity index is 681. The molecular formula is C18H21N3O4. The predicted octanol–water partition coefficient (Wildman–Crippen LogP) is 0.120. The Balaban J connectivity index is 1.41. The van der Waals surface area contributed by atoms with Gasteiger partial charge in [0.15, 0.2) is 0 Å². The van der Waals surface area contributed by atoms with Crippen LogP contribution >= 0.6 is 0 Å². The summed E-state index contributed by atoms with van der Waals surface area (Å²) in [6, 6.07) is 6.93. The van der Waals surface area contributed by atoms with Gasteiger partial charge in [0.2, 0.25) is 5.91 Å². The van der Waals surface area contributed by atoms with E-state index in [1.165, 1.54) is 0 Å². The minimum atomic E-state index is -0.0472. The van der Waals surface area contributed by atoms with Crippen molar-refractivity contribution in [2.45, 2.75) is 12.5 Å². The number of rotatable bonds is 2. The topological polar surface area (TPSA) is 79.0 Å². The molecule has 0 unspecified atom stereocenters. The molecule has 0 spiro atoms. The molecule has 7 heteroatoms. The Morgan fingerprint density at radius 1 is 0.960 bits per heavy atom. The van der Waals surface area contributed by atoms with E-state index in [1.807, 2.05) is 0 Å². The molecule has 0 saturated carbocycles. The highest BCUT2D eigenvalue weighted by Gasteiger charge is 2.41. The first kappa shape index (κ1) is 16.1. The summed E-state index contributed by atoms with van der Waals surface area (Å²) in [7, 11) is 0. The molecule has 3 heterocycles. The van der Waals surface area contributed by atoms with Gasteiger partial charge in [-0.15, -0.1) is 0 Å². The number of nitrogens with one attached hydrogen (secondary N) is 1. The number of benzene rings is 1. The van der Waals surface area contributed by atoms with Crippen molar-refractivity contribution in [3.8, 4) is 0 Å². The van der Waals surface area contributed by atoms with Crippen molar-refractivity contribution >= 4 is 17.7 Å². The fourth-order valence-corrected chi connectivity index (χ4v) is 3.80. The first-order valence-electron chi connectivity index (χ1n) is 8.67. The van der Waals surface area contributed by atoms with Gasteiger partial charge in [0.05, 0.1) is 19.3 Å². The molecule has 3 fully saturated rings. The maximum absolute atomic E-state index is 12.6. The van der Waals surface area contributed by atoms with Gasteiger partial charge in [-0.2, -0.15) is 0 Å². The summed E-state index contributed by atoms with van der Waals surface area (Å²) in [5.74, 6) is 0.224. The summed E-state index contributed by atoms with van der Waals surface area (Å²) in [6.07, 6.45) is 0.501. The van der Waals surface area contributed by atoms with Crippen LogP contribution in [0.4, 0.5) is 0 Å². The van der Waals surface area contributed by atoms with Crippen LogP contribution in [-0.2, 0) is 9.53 Å². The van der Waals surface area contributed by atoms with Gasteiger partial charge in [-0.1, -0.05) is 0 Å². The van der Waals surface area contributed by atoms with Crippen LogP contribution in [-0.4, -0.2) is 73.0 Å². The molecule has 0 aliphatic carbocycles. The molecule has 3 aliphatic heterocycles. The Labute approximate surface area is 145 Å². The SMILES string of the molecule is O=C1C[C@H]2CN(C(=O)c3ccc(C(=O)N4CCOCC4)cc3)C[C@H]2N1. The largest absolute Gasteiger partial charge is 0.378 e. The Morgan fingerprint density at radius 3 is 2.16 bits per heavy atom. The second-order valence-corrected chi connectivity index (χ2v) is 6.83. The quantitative estimate of drug-likeness (QED) is 0.827. The van der Waals surface area contributed by atoms with Gasteiger partial charge in [0, 0.05) is 49.6 Å². The standard InChI is InChI=1S/C18H21N3O4/c22-16-9-14-10-21(11-15(14)19-16)18(24)13-3-1-12(2-4-13)17(23)20-5-7-25-8-6-20/h1-4,14-15H,5-11H2,(H,19,22)/t14-,15+/m0/s1. The molecule has 7 nitrogen and oxygen atoms in total. The first-order valence-corrected chi connectivity index (χ1v) is 8.67. The van der Waals surface area contributed by atoms with E-state index in [9.17, 15) is 14.4 Å². The van der Waals surface area contributed by atoms with Gasteiger partial charge in [0.1, 0.15) is 0 Å². The van der Waals surface area contributed by atoms with Crippen molar-refractivity contribution in [3.63, 3.8) is 0 Å². The summed E-state index contributed by atoms with van der Waals surface area (Å²) < 4.78 is 5.26. The minimum absolute atomic E-state index is 0.0271. The number of hydrogen-bond donors (Lipinski definition) is 1. The molecule has 1 N–H and O–H groups in total. The fraction of sp³-hybridized carbons (Fsp3) is 0.500. The van der Waals surface area contributed by atoms with Crippen molar-refractivity contribution in [3.05, 3.63) is 35.4 Å². The van der Waals surface area contributed by atoms with Crippen LogP contribution < -0.4 is 5.32 Å². The van der Waals surface area contributed by atoms with Crippen molar-refractivity contribution in [1.82, 2.24) is 15.1 Å².